The number of rotatable bonds is 1. The first-order valence-corrected chi connectivity index (χ1v) is 6.60. The Hall–Kier alpha value is -0.120. The molecule has 2 rings (SSSR count). The minimum absolute atomic E-state index is 0.0161. The van der Waals surface area contributed by atoms with E-state index in [-0.39, 0.29) is 5.60 Å². The Morgan fingerprint density at radius 3 is 2.69 bits per heavy atom. The van der Waals surface area contributed by atoms with Gasteiger partial charge in [-0.1, -0.05) is 6.92 Å². The first kappa shape index (κ1) is 12.3. The average Bonchev–Trinajstić information content (AvgIpc) is 2.15. The van der Waals surface area contributed by atoms with E-state index in [4.69, 9.17) is 4.74 Å². The van der Waals surface area contributed by atoms with Gasteiger partial charge in [0.1, 0.15) is 0 Å². The molecule has 3 atom stereocenters. The van der Waals surface area contributed by atoms with Crippen molar-refractivity contribution < 1.29 is 4.74 Å². The van der Waals surface area contributed by atoms with Crippen molar-refractivity contribution >= 4 is 0 Å². The van der Waals surface area contributed by atoms with E-state index in [1.165, 1.54) is 13.0 Å². The van der Waals surface area contributed by atoms with Crippen molar-refractivity contribution in [3.8, 4) is 0 Å². The number of nitrogens with one attached hydrogen (secondary N) is 1. The number of morpholine rings is 1. The van der Waals surface area contributed by atoms with Crippen LogP contribution in [0.4, 0.5) is 0 Å². The molecule has 2 fully saturated rings. The minimum Gasteiger partial charge on any atom is -0.370 e. The molecule has 3 nitrogen and oxygen atoms in total. The number of piperidine rings is 1. The lowest BCUT2D eigenvalue weighted by molar-refractivity contribution is -0.143. The summed E-state index contributed by atoms with van der Waals surface area (Å²) < 4.78 is 5.97. The predicted molar refractivity (Wildman–Crippen MR) is 66.6 cm³/mol. The van der Waals surface area contributed by atoms with Gasteiger partial charge in [0.2, 0.25) is 0 Å². The second kappa shape index (κ2) is 4.63. The number of hydrogen-bond donors (Lipinski definition) is 1. The van der Waals surface area contributed by atoms with Crippen molar-refractivity contribution in [2.24, 2.45) is 5.92 Å². The lowest BCUT2D eigenvalue weighted by atomic mass is 9.91. The maximum absolute atomic E-state index is 5.97. The number of hydrogen-bond acceptors (Lipinski definition) is 3. The quantitative estimate of drug-likeness (QED) is 0.733. The van der Waals surface area contributed by atoms with Crippen LogP contribution in [0.2, 0.25) is 0 Å². The van der Waals surface area contributed by atoms with Crippen molar-refractivity contribution in [3.63, 3.8) is 0 Å². The molecule has 0 radical (unpaired) electrons. The topological polar surface area (TPSA) is 24.5 Å². The van der Waals surface area contributed by atoms with E-state index in [1.54, 1.807) is 0 Å². The highest BCUT2D eigenvalue weighted by molar-refractivity contribution is 4.90. The van der Waals surface area contributed by atoms with Crippen LogP contribution in [-0.4, -0.2) is 48.8 Å². The van der Waals surface area contributed by atoms with E-state index in [0.29, 0.717) is 6.10 Å². The summed E-state index contributed by atoms with van der Waals surface area (Å²) in [6.45, 7) is 13.5. The molecule has 0 bridgehead atoms. The molecule has 0 spiro atoms. The Morgan fingerprint density at radius 1 is 1.31 bits per heavy atom. The summed E-state index contributed by atoms with van der Waals surface area (Å²) in [7, 11) is 0. The van der Waals surface area contributed by atoms with Crippen LogP contribution in [0.15, 0.2) is 0 Å². The molecule has 0 aliphatic carbocycles. The van der Waals surface area contributed by atoms with Crippen LogP contribution in [0.1, 0.15) is 34.1 Å². The Balaban J connectivity index is 2.02. The molecule has 0 aromatic carbocycles. The van der Waals surface area contributed by atoms with Crippen molar-refractivity contribution in [1.82, 2.24) is 10.2 Å². The molecule has 3 unspecified atom stereocenters. The van der Waals surface area contributed by atoms with Gasteiger partial charge in [-0.05, 0) is 46.2 Å². The van der Waals surface area contributed by atoms with E-state index in [2.05, 4.69) is 37.9 Å². The summed E-state index contributed by atoms with van der Waals surface area (Å²) in [6, 6.07) is 0.742. The van der Waals surface area contributed by atoms with E-state index in [1.807, 2.05) is 0 Å². The van der Waals surface area contributed by atoms with Gasteiger partial charge in [0.25, 0.3) is 0 Å². The van der Waals surface area contributed by atoms with Crippen LogP contribution < -0.4 is 5.32 Å². The third kappa shape index (κ3) is 2.76. The predicted octanol–water partition coefficient (Wildman–Crippen LogP) is 1.48. The highest BCUT2D eigenvalue weighted by atomic mass is 16.5. The van der Waals surface area contributed by atoms with Gasteiger partial charge in [0, 0.05) is 19.1 Å². The summed E-state index contributed by atoms with van der Waals surface area (Å²) in [5, 5.41) is 3.48. The average molecular weight is 226 g/mol. The smallest absolute Gasteiger partial charge is 0.0757 e. The highest BCUT2D eigenvalue weighted by Gasteiger charge is 2.36. The van der Waals surface area contributed by atoms with Gasteiger partial charge in [0.15, 0.2) is 0 Å². The third-order valence-electron chi connectivity index (χ3n) is 3.80. The normalized spacial score (nSPS) is 40.9. The lowest BCUT2D eigenvalue weighted by Crippen LogP contribution is -2.59. The summed E-state index contributed by atoms with van der Waals surface area (Å²) in [6.07, 6.45) is 1.65. The van der Waals surface area contributed by atoms with Gasteiger partial charge in [-0.2, -0.15) is 0 Å². The Bertz CT molecular complexity index is 242. The molecule has 94 valence electrons. The maximum Gasteiger partial charge on any atom is 0.0757 e. The summed E-state index contributed by atoms with van der Waals surface area (Å²) in [4.78, 5) is 2.65. The molecule has 2 aliphatic rings. The van der Waals surface area contributed by atoms with Crippen LogP contribution in [-0.2, 0) is 4.74 Å². The van der Waals surface area contributed by atoms with E-state index < -0.39 is 0 Å². The molecular formula is C13H26N2O. The monoisotopic (exact) mass is 226 g/mol. The van der Waals surface area contributed by atoms with Crippen LogP contribution in [0.25, 0.3) is 0 Å². The third-order valence-corrected chi connectivity index (χ3v) is 3.80. The van der Waals surface area contributed by atoms with Crippen LogP contribution in [0, 0.1) is 5.92 Å². The molecule has 0 amide bonds. The fourth-order valence-corrected chi connectivity index (χ4v) is 3.30. The molecule has 2 saturated heterocycles. The summed E-state index contributed by atoms with van der Waals surface area (Å²) in [5.74, 6) is 0.759. The van der Waals surface area contributed by atoms with Gasteiger partial charge in [-0.15, -0.1) is 0 Å². The largest absolute Gasteiger partial charge is 0.370 e. The first-order valence-electron chi connectivity index (χ1n) is 6.60. The molecule has 16 heavy (non-hydrogen) atoms. The standard InChI is InChI=1S/C13H26N2O/c1-10-7-14-6-5-12(10)15-8-11(2)16-13(3,4)9-15/h10-12,14H,5-9H2,1-4H3. The van der Waals surface area contributed by atoms with Crippen LogP contribution in [0.3, 0.4) is 0 Å². The van der Waals surface area contributed by atoms with Crippen LogP contribution in [0.5, 0.6) is 0 Å². The molecule has 3 heteroatoms. The molecule has 1 N–H and O–H groups in total. The molecule has 0 aromatic rings. The van der Waals surface area contributed by atoms with Crippen molar-refractivity contribution in [1.29, 1.82) is 0 Å². The van der Waals surface area contributed by atoms with Crippen molar-refractivity contribution in [2.75, 3.05) is 26.2 Å². The van der Waals surface area contributed by atoms with Gasteiger partial charge in [-0.25, -0.2) is 0 Å². The van der Waals surface area contributed by atoms with Gasteiger partial charge in [-0.3, -0.25) is 4.90 Å². The maximum atomic E-state index is 5.97. The van der Waals surface area contributed by atoms with Gasteiger partial charge >= 0.3 is 0 Å². The van der Waals surface area contributed by atoms with E-state index in [0.717, 1.165) is 31.6 Å². The molecule has 2 heterocycles. The van der Waals surface area contributed by atoms with E-state index in [9.17, 15) is 0 Å². The van der Waals surface area contributed by atoms with Crippen molar-refractivity contribution in [3.05, 3.63) is 0 Å². The number of ether oxygens (including phenoxy) is 1. The minimum atomic E-state index is 0.0161. The van der Waals surface area contributed by atoms with Gasteiger partial charge in [0.05, 0.1) is 11.7 Å². The Kier molecular flexibility index (Phi) is 3.57. The molecule has 2 aliphatic heterocycles. The van der Waals surface area contributed by atoms with Crippen LogP contribution >= 0.6 is 0 Å². The molecule has 0 aromatic heterocycles. The second-order valence-electron chi connectivity index (χ2n) is 6.16. The number of nitrogens with zero attached hydrogens (tertiary/aromatic N) is 1. The molecule has 0 saturated carbocycles. The van der Waals surface area contributed by atoms with Gasteiger partial charge < -0.3 is 10.1 Å². The zero-order chi connectivity index (χ0) is 11.8. The zero-order valence-corrected chi connectivity index (χ0v) is 11.1. The van der Waals surface area contributed by atoms with Crippen molar-refractivity contribution in [2.45, 2.75) is 51.9 Å². The Morgan fingerprint density at radius 2 is 2.06 bits per heavy atom. The zero-order valence-electron chi connectivity index (χ0n) is 11.1. The summed E-state index contributed by atoms with van der Waals surface area (Å²) >= 11 is 0. The van der Waals surface area contributed by atoms with E-state index >= 15 is 0 Å². The molecular weight excluding hydrogens is 200 g/mol. The lowest BCUT2D eigenvalue weighted by Gasteiger charge is -2.48. The Labute approximate surface area is 99.5 Å². The summed E-state index contributed by atoms with van der Waals surface area (Å²) in [5.41, 5.74) is 0.0161. The fraction of sp³-hybridized carbons (Fsp3) is 1.00. The fourth-order valence-electron chi connectivity index (χ4n) is 3.30. The SMILES string of the molecule is CC1CN(C2CCNCC2C)CC(C)(C)O1. The first-order chi connectivity index (χ1) is 7.48. The highest BCUT2D eigenvalue weighted by Crippen LogP contribution is 2.26. The second-order valence-corrected chi connectivity index (χ2v) is 6.16.